The van der Waals surface area contributed by atoms with Crippen LogP contribution in [0.15, 0.2) is 6.07 Å². The molecule has 0 saturated heterocycles. The Hall–Kier alpha value is -0.380. The SMILES string of the molecule is CN(C)Cc1nc(Cl)cc(Cl)n1. The van der Waals surface area contributed by atoms with Crippen LogP contribution in [0.5, 0.6) is 0 Å². The second-order valence-corrected chi connectivity index (χ2v) is 3.44. The molecule has 0 aliphatic rings. The van der Waals surface area contributed by atoms with Crippen molar-refractivity contribution in [1.29, 1.82) is 0 Å². The molecule has 0 N–H and O–H groups in total. The summed E-state index contributed by atoms with van der Waals surface area (Å²) in [5, 5.41) is 0.763. The van der Waals surface area contributed by atoms with Gasteiger partial charge < -0.3 is 4.90 Å². The third-order valence-corrected chi connectivity index (χ3v) is 1.55. The molecule has 5 heteroatoms. The Balaban J connectivity index is 2.85. The van der Waals surface area contributed by atoms with E-state index in [9.17, 15) is 0 Å². The smallest absolute Gasteiger partial charge is 0.145 e. The molecule has 0 saturated carbocycles. The van der Waals surface area contributed by atoms with Gasteiger partial charge >= 0.3 is 0 Å². The number of aromatic nitrogens is 2. The van der Waals surface area contributed by atoms with Gasteiger partial charge in [0.1, 0.15) is 16.1 Å². The predicted octanol–water partition coefficient (Wildman–Crippen LogP) is 1.84. The van der Waals surface area contributed by atoms with E-state index in [2.05, 4.69) is 9.97 Å². The highest BCUT2D eigenvalue weighted by atomic mass is 35.5. The summed E-state index contributed by atoms with van der Waals surface area (Å²) in [6.07, 6.45) is 0. The molecular formula is C7H9Cl2N3. The molecular weight excluding hydrogens is 197 g/mol. The van der Waals surface area contributed by atoms with Crippen LogP contribution in [0.4, 0.5) is 0 Å². The number of nitrogens with zero attached hydrogens (tertiary/aromatic N) is 3. The first-order valence-corrected chi connectivity index (χ1v) is 4.17. The van der Waals surface area contributed by atoms with Crippen LogP contribution in [-0.2, 0) is 6.54 Å². The van der Waals surface area contributed by atoms with Crippen LogP contribution >= 0.6 is 23.2 Å². The van der Waals surface area contributed by atoms with Gasteiger partial charge in [-0.15, -0.1) is 0 Å². The Labute approximate surface area is 81.3 Å². The highest BCUT2D eigenvalue weighted by Crippen LogP contribution is 2.11. The molecule has 0 atom stereocenters. The number of halogens is 2. The normalized spacial score (nSPS) is 10.8. The maximum Gasteiger partial charge on any atom is 0.145 e. The highest BCUT2D eigenvalue weighted by Gasteiger charge is 2.01. The Morgan fingerprint density at radius 2 is 1.75 bits per heavy atom. The van der Waals surface area contributed by atoms with Crippen molar-refractivity contribution in [2.75, 3.05) is 14.1 Å². The minimum atomic E-state index is 0.381. The largest absolute Gasteiger partial charge is 0.302 e. The van der Waals surface area contributed by atoms with Gasteiger partial charge in [0.05, 0.1) is 6.54 Å². The van der Waals surface area contributed by atoms with Gasteiger partial charge in [0.15, 0.2) is 0 Å². The number of hydrogen-bond donors (Lipinski definition) is 0. The molecule has 66 valence electrons. The molecule has 0 radical (unpaired) electrons. The van der Waals surface area contributed by atoms with Crippen LogP contribution in [0, 0.1) is 0 Å². The van der Waals surface area contributed by atoms with Crippen LogP contribution in [0.2, 0.25) is 10.3 Å². The second kappa shape index (κ2) is 4.03. The minimum absolute atomic E-state index is 0.381. The van der Waals surface area contributed by atoms with Gasteiger partial charge in [0.2, 0.25) is 0 Å². The van der Waals surface area contributed by atoms with Gasteiger partial charge in [-0.3, -0.25) is 0 Å². The summed E-state index contributed by atoms with van der Waals surface area (Å²) in [6, 6.07) is 1.52. The summed E-state index contributed by atoms with van der Waals surface area (Å²) >= 11 is 11.4. The molecule has 0 unspecified atom stereocenters. The molecule has 1 rings (SSSR count). The topological polar surface area (TPSA) is 29.0 Å². The fraction of sp³-hybridized carbons (Fsp3) is 0.429. The summed E-state index contributed by atoms with van der Waals surface area (Å²) in [6.45, 7) is 0.639. The Morgan fingerprint density at radius 1 is 1.25 bits per heavy atom. The van der Waals surface area contributed by atoms with E-state index in [4.69, 9.17) is 23.2 Å². The van der Waals surface area contributed by atoms with Crippen LogP contribution in [0.25, 0.3) is 0 Å². The maximum atomic E-state index is 5.68. The van der Waals surface area contributed by atoms with E-state index >= 15 is 0 Å². The fourth-order valence-corrected chi connectivity index (χ4v) is 1.25. The van der Waals surface area contributed by atoms with Gasteiger partial charge in [-0.25, -0.2) is 9.97 Å². The number of rotatable bonds is 2. The van der Waals surface area contributed by atoms with E-state index in [1.165, 1.54) is 6.07 Å². The molecule has 0 aromatic carbocycles. The Bertz CT molecular complexity index is 255. The first kappa shape index (κ1) is 9.71. The third kappa shape index (κ3) is 2.93. The summed E-state index contributed by atoms with van der Waals surface area (Å²) < 4.78 is 0. The highest BCUT2D eigenvalue weighted by molar-refractivity contribution is 6.33. The maximum absolute atomic E-state index is 5.68. The standard InChI is InChI=1S/C7H9Cl2N3/c1-12(2)4-7-10-5(8)3-6(9)11-7/h3H,4H2,1-2H3. The predicted molar refractivity (Wildman–Crippen MR) is 49.4 cm³/mol. The van der Waals surface area contributed by atoms with Gasteiger partial charge in [-0.2, -0.15) is 0 Å². The average Bonchev–Trinajstić information content (AvgIpc) is 1.81. The van der Waals surface area contributed by atoms with Crippen LogP contribution < -0.4 is 0 Å². The van der Waals surface area contributed by atoms with E-state index in [1.807, 2.05) is 19.0 Å². The van der Waals surface area contributed by atoms with Gasteiger partial charge in [0.25, 0.3) is 0 Å². The van der Waals surface area contributed by atoms with Crippen molar-refractivity contribution in [1.82, 2.24) is 14.9 Å². The average molecular weight is 206 g/mol. The summed E-state index contributed by atoms with van der Waals surface area (Å²) in [5.41, 5.74) is 0. The van der Waals surface area contributed by atoms with Crippen LogP contribution in [-0.4, -0.2) is 29.0 Å². The third-order valence-electron chi connectivity index (χ3n) is 1.17. The van der Waals surface area contributed by atoms with Crippen molar-refractivity contribution in [2.45, 2.75) is 6.54 Å². The lowest BCUT2D eigenvalue weighted by Crippen LogP contribution is -2.13. The van der Waals surface area contributed by atoms with Gasteiger partial charge in [-0.05, 0) is 14.1 Å². The monoisotopic (exact) mass is 205 g/mol. The van der Waals surface area contributed by atoms with E-state index < -0.39 is 0 Å². The first-order chi connectivity index (χ1) is 5.58. The quantitative estimate of drug-likeness (QED) is 0.691. The van der Waals surface area contributed by atoms with Crippen molar-refractivity contribution >= 4 is 23.2 Å². The molecule has 0 fully saturated rings. The van der Waals surface area contributed by atoms with Gasteiger partial charge in [-0.1, -0.05) is 23.2 Å². The van der Waals surface area contributed by atoms with Crippen molar-refractivity contribution in [3.8, 4) is 0 Å². The summed E-state index contributed by atoms with van der Waals surface area (Å²) in [5.74, 6) is 0.637. The fourth-order valence-electron chi connectivity index (χ4n) is 0.788. The Kier molecular flexibility index (Phi) is 3.26. The molecule has 1 aromatic rings. The molecule has 12 heavy (non-hydrogen) atoms. The molecule has 0 bridgehead atoms. The second-order valence-electron chi connectivity index (χ2n) is 2.67. The lowest BCUT2D eigenvalue weighted by atomic mass is 10.5. The van der Waals surface area contributed by atoms with E-state index in [1.54, 1.807) is 0 Å². The number of hydrogen-bond acceptors (Lipinski definition) is 3. The zero-order valence-corrected chi connectivity index (χ0v) is 8.39. The summed E-state index contributed by atoms with van der Waals surface area (Å²) in [4.78, 5) is 9.95. The first-order valence-electron chi connectivity index (χ1n) is 3.41. The van der Waals surface area contributed by atoms with Crippen molar-refractivity contribution in [3.05, 3.63) is 22.2 Å². The van der Waals surface area contributed by atoms with E-state index in [0.29, 0.717) is 22.7 Å². The molecule has 1 heterocycles. The van der Waals surface area contributed by atoms with Crippen LogP contribution in [0.1, 0.15) is 5.82 Å². The summed E-state index contributed by atoms with van der Waals surface area (Å²) in [7, 11) is 3.86. The lowest BCUT2D eigenvalue weighted by Gasteiger charge is -2.07. The minimum Gasteiger partial charge on any atom is -0.302 e. The molecule has 0 aliphatic heterocycles. The van der Waals surface area contributed by atoms with Gasteiger partial charge in [0, 0.05) is 6.07 Å². The molecule has 0 amide bonds. The molecule has 3 nitrogen and oxygen atoms in total. The van der Waals surface area contributed by atoms with Crippen molar-refractivity contribution in [2.24, 2.45) is 0 Å². The van der Waals surface area contributed by atoms with E-state index in [0.717, 1.165) is 0 Å². The molecule has 1 aromatic heterocycles. The Morgan fingerprint density at radius 3 is 2.17 bits per heavy atom. The zero-order valence-electron chi connectivity index (χ0n) is 6.88. The van der Waals surface area contributed by atoms with Crippen molar-refractivity contribution in [3.63, 3.8) is 0 Å². The lowest BCUT2D eigenvalue weighted by molar-refractivity contribution is 0.390. The van der Waals surface area contributed by atoms with Crippen LogP contribution in [0.3, 0.4) is 0 Å². The zero-order chi connectivity index (χ0) is 9.14. The molecule has 0 aliphatic carbocycles. The molecule has 0 spiro atoms. The van der Waals surface area contributed by atoms with E-state index in [-0.39, 0.29) is 0 Å². The van der Waals surface area contributed by atoms with Crippen molar-refractivity contribution < 1.29 is 0 Å².